The van der Waals surface area contributed by atoms with Gasteiger partial charge in [-0.05, 0) is 79.6 Å². The maximum absolute atomic E-state index is 5.75. The second-order valence-corrected chi connectivity index (χ2v) is 7.26. The Hall–Kier alpha value is -3.10. The van der Waals surface area contributed by atoms with Crippen LogP contribution in [0.15, 0.2) is 56.6 Å². The van der Waals surface area contributed by atoms with Gasteiger partial charge in [-0.1, -0.05) is 24.3 Å². The number of nitrogens with two attached hydrogens (primary N) is 2. The lowest BCUT2D eigenvalue weighted by Crippen LogP contribution is -2.28. The first kappa shape index (κ1) is 27.9. The molecule has 0 unspecified atom stereocenters. The summed E-state index contributed by atoms with van der Waals surface area (Å²) in [5.74, 6) is 0.634. The third-order valence-corrected chi connectivity index (χ3v) is 5.05. The van der Waals surface area contributed by atoms with Crippen molar-refractivity contribution in [1.82, 2.24) is 10.9 Å². The van der Waals surface area contributed by atoms with E-state index in [2.05, 4.69) is 67.4 Å². The molecule has 0 aliphatic heterocycles. The normalized spacial score (nSPS) is 13.5. The summed E-state index contributed by atoms with van der Waals surface area (Å²) < 4.78 is 0. The van der Waals surface area contributed by atoms with Gasteiger partial charge in [0.2, 0.25) is 11.9 Å². The van der Waals surface area contributed by atoms with Gasteiger partial charge in [-0.25, -0.2) is 10.9 Å². The summed E-state index contributed by atoms with van der Waals surface area (Å²) in [5, 5.41) is 8.68. The van der Waals surface area contributed by atoms with Crippen molar-refractivity contribution in [3.05, 3.63) is 58.7 Å². The molecule has 178 valence electrons. The number of aliphatic imine (C=N–C) groups is 2. The van der Waals surface area contributed by atoms with Crippen LogP contribution in [0.5, 0.6) is 0 Å². The van der Waals surface area contributed by atoms with Crippen molar-refractivity contribution in [2.45, 2.75) is 34.1 Å². The first-order valence-electron chi connectivity index (χ1n) is 10.4. The number of halogens is 2. The summed E-state index contributed by atoms with van der Waals surface area (Å²) in [7, 11) is 0. The molecule has 3 rings (SSSR count). The number of rotatable bonds is 6. The van der Waals surface area contributed by atoms with Crippen LogP contribution in [-0.2, 0) is 6.42 Å². The molecule has 8 nitrogen and oxygen atoms in total. The number of hydrogen-bond donors (Lipinski definition) is 4. The molecule has 10 heteroatoms. The summed E-state index contributed by atoms with van der Waals surface area (Å²) in [6, 6.07) is 12.9. The average Bonchev–Trinajstić information content (AvgIpc) is 3.13. The number of fused-ring (bicyclic) bond motifs is 3. The second kappa shape index (κ2) is 12.8. The van der Waals surface area contributed by atoms with Crippen LogP contribution in [-0.4, -0.2) is 36.4 Å². The van der Waals surface area contributed by atoms with Gasteiger partial charge in [-0.2, -0.15) is 10.2 Å². The van der Waals surface area contributed by atoms with Crippen molar-refractivity contribution in [2.75, 3.05) is 13.1 Å². The highest BCUT2D eigenvalue weighted by Gasteiger charge is 2.20. The third kappa shape index (κ3) is 6.94. The van der Waals surface area contributed by atoms with E-state index in [-0.39, 0.29) is 24.8 Å². The van der Waals surface area contributed by atoms with Gasteiger partial charge >= 0.3 is 0 Å². The van der Waals surface area contributed by atoms with Gasteiger partial charge in [0, 0.05) is 13.1 Å². The highest BCUT2D eigenvalue weighted by Crippen LogP contribution is 2.37. The molecule has 1 aliphatic carbocycles. The Balaban J connectivity index is 0.00000272. The van der Waals surface area contributed by atoms with Crippen molar-refractivity contribution < 1.29 is 0 Å². The third-order valence-electron chi connectivity index (χ3n) is 5.05. The Bertz CT molecular complexity index is 1000. The standard InChI is InChI=1S/C23H30N8.2ClH/c1-5-26-22(24)30-28-14(3)16-7-9-20-18(11-16)13-19-12-17(8-10-21(19)20)15(4)29-31-23(25)27-6-2;;/h7-12H,5-6,13H2,1-4H3,(H3,24,26,30)(H3,25,27,31);2*1H. The van der Waals surface area contributed by atoms with E-state index in [0.29, 0.717) is 25.0 Å². The first-order valence-corrected chi connectivity index (χ1v) is 10.4. The molecular formula is C23H32Cl2N8. The molecule has 0 saturated heterocycles. The second-order valence-electron chi connectivity index (χ2n) is 7.26. The van der Waals surface area contributed by atoms with E-state index >= 15 is 0 Å². The molecule has 0 aromatic heterocycles. The molecule has 2 aromatic carbocycles. The van der Waals surface area contributed by atoms with Crippen LogP contribution in [0.3, 0.4) is 0 Å². The highest BCUT2D eigenvalue weighted by molar-refractivity contribution is 6.02. The molecule has 0 saturated carbocycles. The maximum Gasteiger partial charge on any atom is 0.209 e. The van der Waals surface area contributed by atoms with Crippen molar-refractivity contribution >= 4 is 48.2 Å². The van der Waals surface area contributed by atoms with Gasteiger partial charge in [-0.3, -0.25) is 9.98 Å². The number of benzene rings is 2. The molecule has 0 amide bonds. The average molecular weight is 491 g/mol. The van der Waals surface area contributed by atoms with Crippen molar-refractivity contribution in [3.63, 3.8) is 0 Å². The number of nitrogens with one attached hydrogen (secondary N) is 2. The van der Waals surface area contributed by atoms with Gasteiger partial charge in [-0.15, -0.1) is 24.8 Å². The van der Waals surface area contributed by atoms with Crippen LogP contribution in [0.1, 0.15) is 49.9 Å². The monoisotopic (exact) mass is 490 g/mol. The van der Waals surface area contributed by atoms with E-state index in [1.54, 1.807) is 0 Å². The van der Waals surface area contributed by atoms with Crippen LogP contribution >= 0.6 is 24.8 Å². The van der Waals surface area contributed by atoms with E-state index in [9.17, 15) is 0 Å². The minimum atomic E-state index is 0. The van der Waals surface area contributed by atoms with E-state index in [1.165, 1.54) is 22.3 Å². The fourth-order valence-electron chi connectivity index (χ4n) is 3.48. The van der Waals surface area contributed by atoms with Crippen LogP contribution in [0, 0.1) is 0 Å². The Labute approximate surface area is 207 Å². The quantitative estimate of drug-likeness (QED) is 0.240. The van der Waals surface area contributed by atoms with E-state index in [1.807, 2.05) is 27.7 Å². The minimum absolute atomic E-state index is 0. The van der Waals surface area contributed by atoms with Crippen LogP contribution < -0.4 is 22.3 Å². The lowest BCUT2D eigenvalue weighted by Gasteiger charge is -2.07. The Morgan fingerprint density at radius 2 is 1.15 bits per heavy atom. The van der Waals surface area contributed by atoms with Gasteiger partial charge in [0.05, 0.1) is 11.4 Å². The zero-order chi connectivity index (χ0) is 22.4. The Kier molecular flexibility index (Phi) is 10.8. The molecular weight excluding hydrogens is 459 g/mol. The van der Waals surface area contributed by atoms with Crippen LogP contribution in [0.2, 0.25) is 0 Å². The molecule has 0 fully saturated rings. The SMILES string of the molecule is CCN=C(N)NN=C(C)c1ccc2c(c1)Cc1cc(C(C)=NNC(N)=NCC)ccc1-2.Cl.Cl. The summed E-state index contributed by atoms with van der Waals surface area (Å²) in [6.45, 7) is 8.99. The fourth-order valence-corrected chi connectivity index (χ4v) is 3.48. The first-order chi connectivity index (χ1) is 14.9. The summed E-state index contributed by atoms with van der Waals surface area (Å²) >= 11 is 0. The number of hydrazone groups is 2. The summed E-state index contributed by atoms with van der Waals surface area (Å²) in [6.07, 6.45) is 0.868. The molecule has 1 aliphatic rings. The Morgan fingerprint density at radius 3 is 1.52 bits per heavy atom. The number of nitrogens with zero attached hydrogens (tertiary/aromatic N) is 4. The smallest absolute Gasteiger partial charge is 0.209 e. The number of hydrogen-bond acceptors (Lipinski definition) is 4. The molecule has 0 spiro atoms. The fraction of sp³-hybridized carbons (Fsp3) is 0.304. The van der Waals surface area contributed by atoms with Crippen LogP contribution in [0.4, 0.5) is 0 Å². The van der Waals surface area contributed by atoms with E-state index in [0.717, 1.165) is 29.0 Å². The molecule has 0 heterocycles. The summed E-state index contributed by atoms with van der Waals surface area (Å²) in [4.78, 5) is 8.16. The Morgan fingerprint density at radius 1 is 0.758 bits per heavy atom. The zero-order valence-corrected chi connectivity index (χ0v) is 21.0. The largest absolute Gasteiger partial charge is 0.369 e. The van der Waals surface area contributed by atoms with Crippen molar-refractivity contribution in [2.24, 2.45) is 31.7 Å². The molecule has 33 heavy (non-hydrogen) atoms. The van der Waals surface area contributed by atoms with Gasteiger partial charge < -0.3 is 11.5 Å². The molecule has 0 atom stereocenters. The molecule has 0 bridgehead atoms. The molecule has 6 N–H and O–H groups in total. The molecule has 2 aromatic rings. The van der Waals surface area contributed by atoms with Crippen molar-refractivity contribution in [3.8, 4) is 11.1 Å². The van der Waals surface area contributed by atoms with Crippen LogP contribution in [0.25, 0.3) is 11.1 Å². The van der Waals surface area contributed by atoms with E-state index < -0.39 is 0 Å². The minimum Gasteiger partial charge on any atom is -0.369 e. The van der Waals surface area contributed by atoms with Gasteiger partial charge in [0.1, 0.15) is 0 Å². The lowest BCUT2D eigenvalue weighted by molar-refractivity contribution is 0.973. The predicted octanol–water partition coefficient (Wildman–Crippen LogP) is 3.40. The molecule has 0 radical (unpaired) electrons. The predicted molar refractivity (Wildman–Crippen MR) is 144 cm³/mol. The highest BCUT2D eigenvalue weighted by atomic mass is 35.5. The van der Waals surface area contributed by atoms with Gasteiger partial charge in [0.25, 0.3) is 0 Å². The topological polar surface area (TPSA) is 126 Å². The van der Waals surface area contributed by atoms with E-state index in [4.69, 9.17) is 11.5 Å². The summed E-state index contributed by atoms with van der Waals surface area (Å²) in [5.41, 5.74) is 26.0. The maximum atomic E-state index is 5.75. The van der Waals surface area contributed by atoms with Gasteiger partial charge in [0.15, 0.2) is 0 Å². The van der Waals surface area contributed by atoms with Crippen molar-refractivity contribution in [1.29, 1.82) is 0 Å². The zero-order valence-electron chi connectivity index (χ0n) is 19.3. The lowest BCUT2D eigenvalue weighted by atomic mass is 10.0. The number of guanidine groups is 2.